The van der Waals surface area contributed by atoms with Gasteiger partial charge in [-0.2, -0.15) is 0 Å². The topological polar surface area (TPSA) is 71.3 Å². The molecule has 0 spiro atoms. The minimum atomic E-state index is -3.44. The maximum atomic E-state index is 12.1. The van der Waals surface area contributed by atoms with Crippen molar-refractivity contribution in [1.29, 1.82) is 0 Å². The van der Waals surface area contributed by atoms with E-state index in [4.69, 9.17) is 0 Å². The molecule has 2 atom stereocenters. The third-order valence-electron chi connectivity index (χ3n) is 3.31. The van der Waals surface area contributed by atoms with E-state index in [1.807, 2.05) is 13.8 Å². The average molecular weight is 272 g/mol. The number of aliphatic hydroxyl groups is 1. The van der Waals surface area contributed by atoms with E-state index in [1.54, 1.807) is 16.8 Å². The summed E-state index contributed by atoms with van der Waals surface area (Å²) >= 11 is 0. The van der Waals surface area contributed by atoms with Crippen molar-refractivity contribution < 1.29 is 13.5 Å². The molecule has 1 aliphatic carbocycles. The molecule has 1 aromatic heterocycles. The summed E-state index contributed by atoms with van der Waals surface area (Å²) in [5.74, 6) is 0.426. The highest BCUT2D eigenvalue weighted by molar-refractivity contribution is 7.89. The Morgan fingerprint density at radius 1 is 1.56 bits per heavy atom. The monoisotopic (exact) mass is 272 g/mol. The van der Waals surface area contributed by atoms with E-state index in [2.05, 4.69) is 4.72 Å². The average Bonchev–Trinajstić information content (AvgIpc) is 2.82. The second-order valence-electron chi connectivity index (χ2n) is 4.96. The van der Waals surface area contributed by atoms with Crippen LogP contribution < -0.4 is 4.72 Å². The molecule has 0 amide bonds. The SMILES string of the molecule is CCCn1cc(S(=O)(=O)NC2CC2C)cc1CO. The summed E-state index contributed by atoms with van der Waals surface area (Å²) in [6, 6.07) is 1.62. The van der Waals surface area contributed by atoms with Crippen molar-refractivity contribution in [3.8, 4) is 0 Å². The van der Waals surface area contributed by atoms with Crippen LogP contribution in [0.25, 0.3) is 0 Å². The van der Waals surface area contributed by atoms with Gasteiger partial charge in [-0.05, 0) is 24.8 Å². The lowest BCUT2D eigenvalue weighted by Crippen LogP contribution is -2.26. The predicted molar refractivity (Wildman–Crippen MR) is 68.5 cm³/mol. The molecule has 0 aliphatic heterocycles. The molecule has 2 N–H and O–H groups in total. The molecule has 2 unspecified atom stereocenters. The van der Waals surface area contributed by atoms with Crippen molar-refractivity contribution >= 4 is 10.0 Å². The Morgan fingerprint density at radius 3 is 2.72 bits per heavy atom. The van der Waals surface area contributed by atoms with E-state index in [1.165, 1.54) is 0 Å². The number of nitrogens with zero attached hydrogens (tertiary/aromatic N) is 1. The minimum Gasteiger partial charge on any atom is -0.390 e. The second kappa shape index (κ2) is 5.03. The third kappa shape index (κ3) is 2.76. The van der Waals surface area contributed by atoms with Crippen molar-refractivity contribution in [3.05, 3.63) is 18.0 Å². The Labute approximate surface area is 108 Å². The van der Waals surface area contributed by atoms with Crippen LogP contribution >= 0.6 is 0 Å². The number of sulfonamides is 1. The molecule has 0 aromatic carbocycles. The zero-order chi connectivity index (χ0) is 13.3. The number of rotatable bonds is 6. The van der Waals surface area contributed by atoms with E-state index in [-0.39, 0.29) is 17.5 Å². The van der Waals surface area contributed by atoms with Gasteiger partial charge in [-0.25, -0.2) is 13.1 Å². The first-order valence-corrected chi connectivity index (χ1v) is 7.78. The lowest BCUT2D eigenvalue weighted by molar-refractivity contribution is 0.270. The molecule has 1 saturated carbocycles. The summed E-state index contributed by atoms with van der Waals surface area (Å²) in [6.45, 7) is 4.61. The van der Waals surface area contributed by atoms with Gasteiger partial charge in [-0.3, -0.25) is 0 Å². The molecule has 1 heterocycles. The van der Waals surface area contributed by atoms with Crippen LogP contribution in [0.3, 0.4) is 0 Å². The standard InChI is InChI=1S/C12H20N2O3S/c1-3-4-14-7-11(6-10(14)8-15)18(16,17)13-12-5-9(12)2/h6-7,9,12-13,15H,3-5,8H2,1-2H3. The Morgan fingerprint density at radius 2 is 2.22 bits per heavy atom. The quantitative estimate of drug-likeness (QED) is 0.814. The first kappa shape index (κ1) is 13.6. The summed E-state index contributed by atoms with van der Waals surface area (Å²) < 4.78 is 28.7. The first-order valence-electron chi connectivity index (χ1n) is 6.30. The van der Waals surface area contributed by atoms with Gasteiger partial charge in [0.2, 0.25) is 10.0 Å². The van der Waals surface area contributed by atoms with Crippen molar-refractivity contribution in [1.82, 2.24) is 9.29 Å². The Bertz CT molecular complexity index is 521. The fraction of sp³-hybridized carbons (Fsp3) is 0.667. The van der Waals surface area contributed by atoms with Gasteiger partial charge in [0, 0.05) is 24.5 Å². The molecule has 0 bridgehead atoms. The van der Waals surface area contributed by atoms with Gasteiger partial charge in [-0.1, -0.05) is 13.8 Å². The van der Waals surface area contributed by atoms with E-state index in [0.717, 1.165) is 12.8 Å². The van der Waals surface area contributed by atoms with Gasteiger partial charge >= 0.3 is 0 Å². The van der Waals surface area contributed by atoms with E-state index < -0.39 is 10.0 Å². The molecular weight excluding hydrogens is 252 g/mol. The Hall–Kier alpha value is -0.850. The fourth-order valence-electron chi connectivity index (χ4n) is 2.01. The zero-order valence-corrected chi connectivity index (χ0v) is 11.6. The van der Waals surface area contributed by atoms with Crippen LogP contribution in [0.4, 0.5) is 0 Å². The molecule has 2 rings (SSSR count). The van der Waals surface area contributed by atoms with Gasteiger partial charge in [0.15, 0.2) is 0 Å². The molecular formula is C12H20N2O3S. The number of hydrogen-bond donors (Lipinski definition) is 2. The van der Waals surface area contributed by atoms with Gasteiger partial charge < -0.3 is 9.67 Å². The van der Waals surface area contributed by atoms with Gasteiger partial charge in [0.1, 0.15) is 0 Å². The smallest absolute Gasteiger partial charge is 0.242 e. The van der Waals surface area contributed by atoms with Crippen molar-refractivity contribution in [3.63, 3.8) is 0 Å². The molecule has 5 nitrogen and oxygen atoms in total. The van der Waals surface area contributed by atoms with Crippen LogP contribution in [0.1, 0.15) is 32.4 Å². The number of hydrogen-bond acceptors (Lipinski definition) is 3. The lowest BCUT2D eigenvalue weighted by Gasteiger charge is -2.04. The van der Waals surface area contributed by atoms with Crippen LogP contribution in [0.2, 0.25) is 0 Å². The van der Waals surface area contributed by atoms with Crippen molar-refractivity contribution in [2.75, 3.05) is 0 Å². The molecule has 1 aromatic rings. The molecule has 6 heteroatoms. The van der Waals surface area contributed by atoms with Gasteiger partial charge in [0.05, 0.1) is 11.5 Å². The highest BCUT2D eigenvalue weighted by Crippen LogP contribution is 2.30. The van der Waals surface area contributed by atoms with Gasteiger partial charge in [-0.15, -0.1) is 0 Å². The normalized spacial score (nSPS) is 23.3. The highest BCUT2D eigenvalue weighted by atomic mass is 32.2. The Kier molecular flexibility index (Phi) is 3.79. The highest BCUT2D eigenvalue weighted by Gasteiger charge is 2.36. The first-order chi connectivity index (χ1) is 8.47. The molecule has 1 fully saturated rings. The summed E-state index contributed by atoms with van der Waals surface area (Å²) in [7, 11) is -3.44. The van der Waals surface area contributed by atoms with E-state index >= 15 is 0 Å². The fourth-order valence-corrected chi connectivity index (χ4v) is 3.43. The maximum Gasteiger partial charge on any atom is 0.242 e. The molecule has 0 saturated heterocycles. The molecule has 102 valence electrons. The predicted octanol–water partition coefficient (Wildman–Crippen LogP) is 1.08. The largest absolute Gasteiger partial charge is 0.390 e. The molecule has 0 radical (unpaired) electrons. The van der Waals surface area contributed by atoms with Crippen LogP contribution in [0.5, 0.6) is 0 Å². The number of nitrogens with one attached hydrogen (secondary N) is 1. The third-order valence-corrected chi connectivity index (χ3v) is 4.77. The minimum absolute atomic E-state index is 0.0714. The van der Waals surface area contributed by atoms with Gasteiger partial charge in [0.25, 0.3) is 0 Å². The van der Waals surface area contributed by atoms with E-state index in [9.17, 15) is 13.5 Å². The van der Waals surface area contributed by atoms with Crippen molar-refractivity contribution in [2.24, 2.45) is 5.92 Å². The van der Waals surface area contributed by atoms with Crippen molar-refractivity contribution in [2.45, 2.75) is 50.8 Å². The van der Waals surface area contributed by atoms with Crippen LogP contribution in [-0.2, 0) is 23.2 Å². The lowest BCUT2D eigenvalue weighted by atomic mass is 10.4. The Balaban J connectivity index is 2.21. The number of aromatic nitrogens is 1. The summed E-state index contributed by atoms with van der Waals surface area (Å²) in [5, 5.41) is 9.22. The number of aliphatic hydroxyl groups excluding tert-OH is 1. The van der Waals surface area contributed by atoms with Crippen LogP contribution in [-0.4, -0.2) is 24.1 Å². The maximum absolute atomic E-state index is 12.1. The molecule has 18 heavy (non-hydrogen) atoms. The number of aryl methyl sites for hydroxylation is 1. The van der Waals surface area contributed by atoms with E-state index in [0.29, 0.717) is 18.2 Å². The molecule has 1 aliphatic rings. The summed E-state index contributed by atoms with van der Waals surface area (Å²) in [6.07, 6.45) is 3.40. The second-order valence-corrected chi connectivity index (χ2v) is 6.67. The van der Waals surface area contributed by atoms with Crippen LogP contribution in [0, 0.1) is 5.92 Å². The summed E-state index contributed by atoms with van der Waals surface area (Å²) in [5.41, 5.74) is 0.640. The zero-order valence-electron chi connectivity index (χ0n) is 10.8. The van der Waals surface area contributed by atoms with Crippen LogP contribution in [0.15, 0.2) is 17.2 Å². The summed E-state index contributed by atoms with van der Waals surface area (Å²) in [4.78, 5) is 0.249.